The molecular weight excluding hydrogens is 250 g/mol. The second-order valence-corrected chi connectivity index (χ2v) is 5.49. The molecule has 2 aromatic heterocycles. The van der Waals surface area contributed by atoms with Crippen molar-refractivity contribution in [3.05, 3.63) is 16.3 Å². The molecule has 18 heavy (non-hydrogen) atoms. The smallest absolute Gasteiger partial charge is 0.325 e. The predicted molar refractivity (Wildman–Crippen MR) is 72.3 cm³/mol. The lowest BCUT2D eigenvalue weighted by Gasteiger charge is -2.11. The molecule has 2 N–H and O–H groups in total. The van der Waals surface area contributed by atoms with Gasteiger partial charge in [0, 0.05) is 4.88 Å². The molecule has 0 saturated heterocycles. The first-order valence-corrected chi connectivity index (χ1v) is 6.45. The average Bonchev–Trinajstić information content (AvgIpc) is 2.54. The summed E-state index contributed by atoms with van der Waals surface area (Å²) in [6, 6.07) is -0.679. The number of rotatable bonds is 3. The Morgan fingerprint density at radius 3 is 2.61 bits per heavy atom. The number of hydrogen-bond acceptors (Lipinski definition) is 5. The Balaban J connectivity index is 2.58. The standard InChI is InChI=1S/C12H15N3O2S/c1-5-7(3)18-11-9(5)10(14-8(4)15-11)13-6(2)12(16)17/h6H,1-4H3,(H,16,17)(H,13,14,15). The molecule has 0 spiro atoms. The van der Waals surface area contributed by atoms with Gasteiger partial charge in [0.15, 0.2) is 0 Å². The van der Waals surface area contributed by atoms with Gasteiger partial charge in [-0.1, -0.05) is 0 Å². The lowest BCUT2D eigenvalue weighted by molar-refractivity contribution is -0.137. The monoisotopic (exact) mass is 265 g/mol. The summed E-state index contributed by atoms with van der Waals surface area (Å²) in [5.74, 6) is 0.349. The molecule has 0 aliphatic heterocycles. The number of fused-ring (bicyclic) bond motifs is 1. The maximum absolute atomic E-state index is 10.9. The van der Waals surface area contributed by atoms with E-state index < -0.39 is 12.0 Å². The summed E-state index contributed by atoms with van der Waals surface area (Å²) in [6.07, 6.45) is 0. The SMILES string of the molecule is Cc1nc(NC(C)C(=O)O)c2c(C)c(C)sc2n1. The van der Waals surface area contributed by atoms with Gasteiger partial charge in [-0.2, -0.15) is 0 Å². The molecule has 0 bridgehead atoms. The number of hydrogen-bond donors (Lipinski definition) is 2. The third kappa shape index (κ3) is 2.15. The van der Waals surface area contributed by atoms with E-state index in [9.17, 15) is 4.79 Å². The van der Waals surface area contributed by atoms with Crippen molar-refractivity contribution in [2.24, 2.45) is 0 Å². The summed E-state index contributed by atoms with van der Waals surface area (Å²) in [4.78, 5) is 21.7. The molecule has 2 aromatic rings. The van der Waals surface area contributed by atoms with Crippen molar-refractivity contribution in [1.29, 1.82) is 0 Å². The van der Waals surface area contributed by atoms with Crippen LogP contribution in [0.25, 0.3) is 10.2 Å². The number of carboxylic acid groups (broad SMARTS) is 1. The van der Waals surface area contributed by atoms with E-state index in [4.69, 9.17) is 5.11 Å². The van der Waals surface area contributed by atoms with E-state index in [0.717, 1.165) is 15.8 Å². The van der Waals surface area contributed by atoms with Crippen LogP contribution >= 0.6 is 11.3 Å². The molecule has 0 aliphatic rings. The van der Waals surface area contributed by atoms with Crippen LogP contribution < -0.4 is 5.32 Å². The Hall–Kier alpha value is -1.69. The fourth-order valence-corrected chi connectivity index (χ4v) is 2.80. The van der Waals surface area contributed by atoms with E-state index >= 15 is 0 Å². The topological polar surface area (TPSA) is 75.1 Å². The van der Waals surface area contributed by atoms with Crippen LogP contribution in [-0.2, 0) is 4.79 Å². The summed E-state index contributed by atoms with van der Waals surface area (Å²) in [6.45, 7) is 7.44. The Morgan fingerprint density at radius 1 is 1.33 bits per heavy atom. The van der Waals surface area contributed by atoms with Gasteiger partial charge in [-0.25, -0.2) is 9.97 Å². The van der Waals surface area contributed by atoms with E-state index in [1.54, 1.807) is 25.2 Å². The fraction of sp³-hybridized carbons (Fsp3) is 0.417. The number of thiophene rings is 1. The molecule has 0 aliphatic carbocycles. The molecule has 2 heterocycles. The third-order valence-corrected chi connectivity index (χ3v) is 3.97. The second kappa shape index (κ2) is 4.53. The molecule has 96 valence electrons. The summed E-state index contributed by atoms with van der Waals surface area (Å²) in [5.41, 5.74) is 1.11. The van der Waals surface area contributed by atoms with Crippen LogP contribution in [0.2, 0.25) is 0 Å². The zero-order valence-electron chi connectivity index (χ0n) is 10.7. The fourth-order valence-electron chi connectivity index (χ4n) is 1.73. The summed E-state index contributed by atoms with van der Waals surface area (Å²) in [7, 11) is 0. The first kappa shape index (κ1) is 12.8. The number of anilines is 1. The van der Waals surface area contributed by atoms with Gasteiger partial charge in [-0.3, -0.25) is 4.79 Å². The highest BCUT2D eigenvalue weighted by molar-refractivity contribution is 7.18. The Bertz CT molecular complexity index is 621. The molecule has 1 atom stereocenters. The van der Waals surface area contributed by atoms with Crippen LogP contribution in [0, 0.1) is 20.8 Å². The third-order valence-electron chi connectivity index (χ3n) is 2.86. The molecule has 6 heteroatoms. The number of carboxylic acids is 1. The van der Waals surface area contributed by atoms with Crippen LogP contribution in [0.15, 0.2) is 0 Å². The molecule has 0 aromatic carbocycles. The van der Waals surface area contributed by atoms with Gasteiger partial charge in [0.1, 0.15) is 22.5 Å². The van der Waals surface area contributed by atoms with Crippen LogP contribution in [0.1, 0.15) is 23.2 Å². The minimum atomic E-state index is -0.899. The Labute approximate surface area is 109 Å². The Kier molecular flexibility index (Phi) is 3.21. The van der Waals surface area contributed by atoms with E-state index in [2.05, 4.69) is 15.3 Å². The molecule has 0 radical (unpaired) electrons. The first-order valence-electron chi connectivity index (χ1n) is 5.64. The number of aliphatic carboxylic acids is 1. The second-order valence-electron chi connectivity index (χ2n) is 4.29. The van der Waals surface area contributed by atoms with Gasteiger partial charge >= 0.3 is 5.97 Å². The van der Waals surface area contributed by atoms with Crippen LogP contribution in [-0.4, -0.2) is 27.1 Å². The quantitative estimate of drug-likeness (QED) is 0.891. The lowest BCUT2D eigenvalue weighted by Crippen LogP contribution is -2.26. The van der Waals surface area contributed by atoms with Gasteiger partial charge in [0.2, 0.25) is 0 Å². The van der Waals surface area contributed by atoms with Crippen molar-refractivity contribution < 1.29 is 9.90 Å². The molecule has 0 fully saturated rings. The number of aryl methyl sites for hydroxylation is 3. The molecular formula is C12H15N3O2S. The minimum Gasteiger partial charge on any atom is -0.480 e. The van der Waals surface area contributed by atoms with Crippen molar-refractivity contribution in [1.82, 2.24) is 9.97 Å². The molecule has 0 amide bonds. The van der Waals surface area contributed by atoms with Crippen molar-refractivity contribution in [2.45, 2.75) is 33.7 Å². The largest absolute Gasteiger partial charge is 0.480 e. The van der Waals surface area contributed by atoms with E-state index in [1.165, 1.54) is 4.88 Å². The normalized spacial score (nSPS) is 12.7. The summed E-state index contributed by atoms with van der Waals surface area (Å²) in [5, 5.41) is 12.8. The highest BCUT2D eigenvalue weighted by Gasteiger charge is 2.17. The molecule has 5 nitrogen and oxygen atoms in total. The van der Waals surface area contributed by atoms with Gasteiger partial charge < -0.3 is 10.4 Å². The maximum atomic E-state index is 10.9. The first-order chi connectivity index (χ1) is 8.40. The predicted octanol–water partition coefficient (Wildman–Crippen LogP) is 2.50. The van der Waals surface area contributed by atoms with E-state index in [0.29, 0.717) is 11.6 Å². The van der Waals surface area contributed by atoms with Crippen LogP contribution in [0.5, 0.6) is 0 Å². The average molecular weight is 265 g/mol. The van der Waals surface area contributed by atoms with Crippen LogP contribution in [0.3, 0.4) is 0 Å². The lowest BCUT2D eigenvalue weighted by atomic mass is 10.2. The van der Waals surface area contributed by atoms with Gasteiger partial charge in [-0.15, -0.1) is 11.3 Å². The van der Waals surface area contributed by atoms with Crippen molar-refractivity contribution in [3.8, 4) is 0 Å². The van der Waals surface area contributed by atoms with Crippen LogP contribution in [0.4, 0.5) is 5.82 Å². The number of carbonyl (C=O) groups is 1. The summed E-state index contributed by atoms with van der Waals surface area (Å²) >= 11 is 1.60. The zero-order valence-corrected chi connectivity index (χ0v) is 11.6. The van der Waals surface area contributed by atoms with Crippen molar-refractivity contribution in [3.63, 3.8) is 0 Å². The Morgan fingerprint density at radius 2 is 2.00 bits per heavy atom. The van der Waals surface area contributed by atoms with Gasteiger partial charge in [0.05, 0.1) is 5.39 Å². The highest BCUT2D eigenvalue weighted by atomic mass is 32.1. The minimum absolute atomic E-state index is 0.606. The molecule has 0 saturated carbocycles. The van der Waals surface area contributed by atoms with Gasteiger partial charge in [0.25, 0.3) is 0 Å². The number of aromatic nitrogens is 2. The number of nitrogens with zero attached hydrogens (tertiary/aromatic N) is 2. The van der Waals surface area contributed by atoms with E-state index in [1.807, 2.05) is 13.8 Å². The van der Waals surface area contributed by atoms with Crippen molar-refractivity contribution >= 4 is 33.3 Å². The van der Waals surface area contributed by atoms with E-state index in [-0.39, 0.29) is 0 Å². The van der Waals surface area contributed by atoms with Crippen molar-refractivity contribution in [2.75, 3.05) is 5.32 Å². The maximum Gasteiger partial charge on any atom is 0.325 e. The number of nitrogens with one attached hydrogen (secondary N) is 1. The molecule has 2 rings (SSSR count). The molecule has 1 unspecified atom stereocenters. The van der Waals surface area contributed by atoms with Gasteiger partial charge in [-0.05, 0) is 33.3 Å². The zero-order chi connectivity index (χ0) is 13.4. The highest BCUT2D eigenvalue weighted by Crippen LogP contribution is 2.33. The summed E-state index contributed by atoms with van der Waals surface area (Å²) < 4.78 is 0.